The molecule has 0 amide bonds. The van der Waals surface area contributed by atoms with Gasteiger partial charge in [0.1, 0.15) is 5.75 Å². The van der Waals surface area contributed by atoms with Gasteiger partial charge in [0.2, 0.25) is 0 Å². The van der Waals surface area contributed by atoms with Crippen molar-refractivity contribution in [3.63, 3.8) is 0 Å². The molecule has 3 heteroatoms. The lowest BCUT2D eigenvalue weighted by molar-refractivity contribution is 0.410. The number of hydrogen-bond donors (Lipinski definition) is 2. The highest BCUT2D eigenvalue weighted by atomic mass is 16.5. The van der Waals surface area contributed by atoms with Crippen LogP contribution in [-0.4, -0.2) is 26.2 Å². The molecule has 1 aromatic carbocycles. The fraction of sp³-hybridized carbons (Fsp3) is 0.571. The van der Waals surface area contributed by atoms with E-state index in [2.05, 4.69) is 35.8 Å². The van der Waals surface area contributed by atoms with Crippen LogP contribution in [0.3, 0.4) is 0 Å². The first-order valence-electron chi connectivity index (χ1n) is 6.43. The lowest BCUT2D eigenvalue weighted by Crippen LogP contribution is -2.30. The summed E-state index contributed by atoms with van der Waals surface area (Å²) in [5.74, 6) is 0.999. The van der Waals surface area contributed by atoms with Crippen LogP contribution < -0.4 is 15.4 Å². The van der Waals surface area contributed by atoms with E-state index in [1.807, 2.05) is 0 Å². The van der Waals surface area contributed by atoms with Gasteiger partial charge in [0.25, 0.3) is 0 Å². The van der Waals surface area contributed by atoms with E-state index in [1.165, 1.54) is 17.5 Å². The van der Waals surface area contributed by atoms with Crippen LogP contribution in [0.15, 0.2) is 18.2 Å². The van der Waals surface area contributed by atoms with Gasteiger partial charge in [-0.2, -0.15) is 0 Å². The van der Waals surface area contributed by atoms with Gasteiger partial charge in [-0.15, -0.1) is 0 Å². The van der Waals surface area contributed by atoms with Crippen molar-refractivity contribution in [2.24, 2.45) is 0 Å². The molecule has 94 valence electrons. The SMILES string of the molecule is CCc1cc(CNC2CCNC2)ccc1OC. The van der Waals surface area contributed by atoms with Gasteiger partial charge in [-0.25, -0.2) is 0 Å². The Morgan fingerprint density at radius 2 is 2.35 bits per heavy atom. The van der Waals surface area contributed by atoms with Crippen LogP contribution in [0.2, 0.25) is 0 Å². The highest BCUT2D eigenvalue weighted by Gasteiger charge is 2.13. The predicted molar refractivity (Wildman–Crippen MR) is 70.5 cm³/mol. The van der Waals surface area contributed by atoms with Gasteiger partial charge in [0, 0.05) is 19.1 Å². The normalized spacial score (nSPS) is 19.5. The molecule has 1 saturated heterocycles. The Kier molecular flexibility index (Phi) is 4.40. The lowest BCUT2D eigenvalue weighted by Gasteiger charge is -2.13. The van der Waals surface area contributed by atoms with E-state index >= 15 is 0 Å². The molecule has 0 aliphatic carbocycles. The molecule has 3 nitrogen and oxygen atoms in total. The summed E-state index contributed by atoms with van der Waals surface area (Å²) in [7, 11) is 1.73. The van der Waals surface area contributed by atoms with Crippen molar-refractivity contribution < 1.29 is 4.74 Å². The van der Waals surface area contributed by atoms with Crippen LogP contribution >= 0.6 is 0 Å². The Bertz CT molecular complexity index is 359. The molecular formula is C14H22N2O. The van der Waals surface area contributed by atoms with Crippen molar-refractivity contribution in [3.8, 4) is 5.75 Å². The van der Waals surface area contributed by atoms with E-state index in [0.29, 0.717) is 6.04 Å². The summed E-state index contributed by atoms with van der Waals surface area (Å²) in [4.78, 5) is 0. The lowest BCUT2D eigenvalue weighted by atomic mass is 10.1. The minimum absolute atomic E-state index is 0.627. The Hall–Kier alpha value is -1.06. The summed E-state index contributed by atoms with van der Waals surface area (Å²) < 4.78 is 5.34. The van der Waals surface area contributed by atoms with Gasteiger partial charge in [-0.05, 0) is 36.6 Å². The molecular weight excluding hydrogens is 212 g/mol. The Balaban J connectivity index is 1.95. The number of ether oxygens (including phenoxy) is 1. The number of nitrogens with one attached hydrogen (secondary N) is 2. The zero-order chi connectivity index (χ0) is 12.1. The highest BCUT2D eigenvalue weighted by molar-refractivity contribution is 5.37. The smallest absolute Gasteiger partial charge is 0.122 e. The second-order valence-electron chi connectivity index (χ2n) is 4.57. The Morgan fingerprint density at radius 1 is 1.47 bits per heavy atom. The molecule has 1 aliphatic rings. The van der Waals surface area contributed by atoms with Crippen LogP contribution in [-0.2, 0) is 13.0 Å². The van der Waals surface area contributed by atoms with E-state index in [4.69, 9.17) is 4.74 Å². The zero-order valence-electron chi connectivity index (χ0n) is 10.8. The summed E-state index contributed by atoms with van der Waals surface area (Å²) in [6, 6.07) is 7.09. The fourth-order valence-corrected chi connectivity index (χ4v) is 2.31. The first-order chi connectivity index (χ1) is 8.33. The van der Waals surface area contributed by atoms with E-state index in [9.17, 15) is 0 Å². The Labute approximate surface area is 104 Å². The zero-order valence-corrected chi connectivity index (χ0v) is 10.8. The summed E-state index contributed by atoms with van der Waals surface area (Å²) in [6.45, 7) is 5.34. The van der Waals surface area contributed by atoms with E-state index < -0.39 is 0 Å². The van der Waals surface area contributed by atoms with Gasteiger partial charge in [-0.1, -0.05) is 19.1 Å². The number of aryl methyl sites for hydroxylation is 1. The molecule has 0 bridgehead atoms. The van der Waals surface area contributed by atoms with Crippen LogP contribution in [0.25, 0.3) is 0 Å². The fourth-order valence-electron chi connectivity index (χ4n) is 2.31. The Morgan fingerprint density at radius 3 is 3.00 bits per heavy atom. The summed E-state index contributed by atoms with van der Waals surface area (Å²) in [5, 5.41) is 6.95. The van der Waals surface area contributed by atoms with Gasteiger partial charge in [-0.3, -0.25) is 0 Å². The number of hydrogen-bond acceptors (Lipinski definition) is 3. The largest absolute Gasteiger partial charge is 0.496 e. The second kappa shape index (κ2) is 6.03. The maximum Gasteiger partial charge on any atom is 0.122 e. The second-order valence-corrected chi connectivity index (χ2v) is 4.57. The third-order valence-electron chi connectivity index (χ3n) is 3.38. The van der Waals surface area contributed by atoms with Crippen LogP contribution in [0.5, 0.6) is 5.75 Å². The van der Waals surface area contributed by atoms with Crippen LogP contribution in [0.4, 0.5) is 0 Å². The molecule has 0 spiro atoms. The van der Waals surface area contributed by atoms with E-state index in [1.54, 1.807) is 7.11 Å². The van der Waals surface area contributed by atoms with E-state index in [-0.39, 0.29) is 0 Å². The van der Waals surface area contributed by atoms with Crippen molar-refractivity contribution in [1.29, 1.82) is 0 Å². The molecule has 2 N–H and O–H groups in total. The van der Waals surface area contributed by atoms with E-state index in [0.717, 1.165) is 31.8 Å². The first-order valence-corrected chi connectivity index (χ1v) is 6.43. The highest BCUT2D eigenvalue weighted by Crippen LogP contribution is 2.20. The molecule has 0 radical (unpaired) electrons. The molecule has 1 unspecified atom stereocenters. The third kappa shape index (κ3) is 3.20. The topological polar surface area (TPSA) is 33.3 Å². The van der Waals surface area contributed by atoms with Crippen LogP contribution in [0.1, 0.15) is 24.5 Å². The number of methoxy groups -OCH3 is 1. The number of rotatable bonds is 5. The first kappa shape index (κ1) is 12.4. The standard InChI is InChI=1S/C14H22N2O/c1-3-12-8-11(4-5-14(12)17-2)9-16-13-6-7-15-10-13/h4-5,8,13,15-16H,3,6-7,9-10H2,1-2H3. The number of benzene rings is 1. The average Bonchev–Trinajstić information content (AvgIpc) is 2.89. The monoisotopic (exact) mass is 234 g/mol. The van der Waals surface area contributed by atoms with Gasteiger partial charge >= 0.3 is 0 Å². The summed E-state index contributed by atoms with van der Waals surface area (Å²) in [5.41, 5.74) is 2.63. The van der Waals surface area contributed by atoms with Gasteiger partial charge in [0.15, 0.2) is 0 Å². The molecule has 1 aromatic rings. The molecule has 2 rings (SSSR count). The third-order valence-corrected chi connectivity index (χ3v) is 3.38. The molecule has 0 aromatic heterocycles. The quantitative estimate of drug-likeness (QED) is 0.813. The van der Waals surface area contributed by atoms with Crippen molar-refractivity contribution in [2.75, 3.05) is 20.2 Å². The van der Waals surface area contributed by atoms with Crippen molar-refractivity contribution in [3.05, 3.63) is 29.3 Å². The molecule has 1 aliphatic heterocycles. The van der Waals surface area contributed by atoms with Gasteiger partial charge in [0.05, 0.1) is 7.11 Å². The predicted octanol–water partition coefficient (Wildman–Crippen LogP) is 1.71. The molecule has 1 atom stereocenters. The summed E-state index contributed by atoms with van der Waals surface area (Å²) in [6.07, 6.45) is 2.25. The van der Waals surface area contributed by atoms with Crippen LogP contribution in [0, 0.1) is 0 Å². The maximum atomic E-state index is 5.34. The molecule has 17 heavy (non-hydrogen) atoms. The molecule has 1 heterocycles. The maximum absolute atomic E-state index is 5.34. The van der Waals surface area contributed by atoms with Gasteiger partial charge < -0.3 is 15.4 Å². The van der Waals surface area contributed by atoms with Crippen molar-refractivity contribution >= 4 is 0 Å². The molecule has 1 fully saturated rings. The van der Waals surface area contributed by atoms with Crippen molar-refractivity contribution in [1.82, 2.24) is 10.6 Å². The minimum Gasteiger partial charge on any atom is -0.496 e. The summed E-state index contributed by atoms with van der Waals surface area (Å²) >= 11 is 0. The molecule has 0 saturated carbocycles. The van der Waals surface area contributed by atoms with Crippen molar-refractivity contribution in [2.45, 2.75) is 32.4 Å². The minimum atomic E-state index is 0.627. The average molecular weight is 234 g/mol.